The van der Waals surface area contributed by atoms with Crippen molar-refractivity contribution in [2.24, 2.45) is 0 Å². The van der Waals surface area contributed by atoms with E-state index in [1.807, 2.05) is 61.5 Å². The average Bonchev–Trinajstić information content (AvgIpc) is 2.54. The van der Waals surface area contributed by atoms with Crippen LogP contribution in [0.25, 0.3) is 0 Å². The standard InChI is InChI=1S/C17H20N2O2/c1-13(14-7-6-10-16(11-14)21-2)19-17(20)12-18-15-8-4-3-5-9-15/h3-11,13,18H,12H2,1-2H3,(H,19,20). The van der Waals surface area contributed by atoms with Crippen molar-refractivity contribution in [1.82, 2.24) is 5.32 Å². The number of benzene rings is 2. The summed E-state index contributed by atoms with van der Waals surface area (Å²) < 4.78 is 5.19. The van der Waals surface area contributed by atoms with Gasteiger partial charge in [0.2, 0.25) is 5.91 Å². The molecular weight excluding hydrogens is 264 g/mol. The first-order valence-electron chi connectivity index (χ1n) is 6.91. The lowest BCUT2D eigenvalue weighted by Crippen LogP contribution is -2.32. The van der Waals surface area contributed by atoms with Crippen LogP contribution in [0, 0.1) is 0 Å². The summed E-state index contributed by atoms with van der Waals surface area (Å²) >= 11 is 0. The van der Waals surface area contributed by atoms with E-state index in [0.29, 0.717) is 0 Å². The van der Waals surface area contributed by atoms with Gasteiger partial charge in [0.05, 0.1) is 19.7 Å². The first kappa shape index (κ1) is 14.9. The molecule has 21 heavy (non-hydrogen) atoms. The fraction of sp³-hybridized carbons (Fsp3) is 0.235. The van der Waals surface area contributed by atoms with Crippen molar-refractivity contribution in [3.05, 3.63) is 60.2 Å². The smallest absolute Gasteiger partial charge is 0.239 e. The summed E-state index contributed by atoms with van der Waals surface area (Å²) in [6.45, 7) is 2.20. The van der Waals surface area contributed by atoms with Gasteiger partial charge in [-0.15, -0.1) is 0 Å². The molecule has 0 aromatic heterocycles. The molecule has 1 atom stereocenters. The van der Waals surface area contributed by atoms with E-state index >= 15 is 0 Å². The molecule has 4 nitrogen and oxygen atoms in total. The average molecular weight is 284 g/mol. The normalized spacial score (nSPS) is 11.5. The molecule has 0 spiro atoms. The van der Waals surface area contributed by atoms with E-state index in [0.717, 1.165) is 17.0 Å². The molecule has 0 saturated heterocycles. The lowest BCUT2D eigenvalue weighted by molar-refractivity contribution is -0.120. The van der Waals surface area contributed by atoms with Gasteiger partial charge in [0.15, 0.2) is 0 Å². The van der Waals surface area contributed by atoms with Crippen LogP contribution in [0.1, 0.15) is 18.5 Å². The third kappa shape index (κ3) is 4.53. The predicted octanol–water partition coefficient (Wildman–Crippen LogP) is 2.98. The number of hydrogen-bond donors (Lipinski definition) is 2. The van der Waals surface area contributed by atoms with Crippen LogP contribution >= 0.6 is 0 Å². The molecule has 2 rings (SSSR count). The lowest BCUT2D eigenvalue weighted by Gasteiger charge is -2.15. The van der Waals surface area contributed by atoms with Crippen LogP contribution in [-0.4, -0.2) is 19.6 Å². The Balaban J connectivity index is 1.87. The summed E-state index contributed by atoms with van der Waals surface area (Å²) in [5, 5.41) is 6.05. The maximum atomic E-state index is 11.9. The minimum absolute atomic E-state index is 0.0471. The summed E-state index contributed by atoms with van der Waals surface area (Å²) in [5.74, 6) is 0.741. The number of carbonyl (C=O) groups is 1. The zero-order chi connectivity index (χ0) is 15.1. The first-order chi connectivity index (χ1) is 10.2. The molecule has 0 heterocycles. The first-order valence-corrected chi connectivity index (χ1v) is 6.91. The maximum absolute atomic E-state index is 11.9. The van der Waals surface area contributed by atoms with Crippen LogP contribution in [0.5, 0.6) is 5.75 Å². The minimum atomic E-state index is -0.0647. The van der Waals surface area contributed by atoms with Crippen LogP contribution in [0.15, 0.2) is 54.6 Å². The third-order valence-electron chi connectivity index (χ3n) is 3.20. The van der Waals surface area contributed by atoms with Gasteiger partial charge in [-0.25, -0.2) is 0 Å². The lowest BCUT2D eigenvalue weighted by atomic mass is 10.1. The second kappa shape index (κ2) is 7.33. The van der Waals surface area contributed by atoms with Gasteiger partial charge in [-0.1, -0.05) is 30.3 Å². The Morgan fingerprint density at radius 3 is 2.62 bits per heavy atom. The van der Waals surface area contributed by atoms with E-state index in [4.69, 9.17) is 4.74 Å². The molecule has 0 aliphatic rings. The SMILES string of the molecule is COc1cccc(C(C)NC(=O)CNc2ccccc2)c1. The van der Waals surface area contributed by atoms with Crippen LogP contribution < -0.4 is 15.4 Å². The van der Waals surface area contributed by atoms with E-state index in [1.165, 1.54) is 0 Å². The molecular formula is C17H20N2O2. The Bertz CT molecular complexity index is 584. The molecule has 0 radical (unpaired) electrons. The Morgan fingerprint density at radius 1 is 1.14 bits per heavy atom. The molecule has 0 bridgehead atoms. The quantitative estimate of drug-likeness (QED) is 0.857. The number of ether oxygens (including phenoxy) is 1. The highest BCUT2D eigenvalue weighted by molar-refractivity contribution is 5.81. The van der Waals surface area contributed by atoms with Crippen LogP contribution in [0.4, 0.5) is 5.69 Å². The molecule has 1 unspecified atom stereocenters. The topological polar surface area (TPSA) is 50.4 Å². The molecule has 2 aromatic carbocycles. The van der Waals surface area contributed by atoms with Crippen LogP contribution in [-0.2, 0) is 4.79 Å². The maximum Gasteiger partial charge on any atom is 0.239 e. The van der Waals surface area contributed by atoms with Gasteiger partial charge < -0.3 is 15.4 Å². The highest BCUT2D eigenvalue weighted by Crippen LogP contribution is 2.18. The van der Waals surface area contributed by atoms with Crippen LogP contribution in [0.2, 0.25) is 0 Å². The largest absolute Gasteiger partial charge is 0.497 e. The highest BCUT2D eigenvalue weighted by Gasteiger charge is 2.10. The van der Waals surface area contributed by atoms with Gasteiger partial charge in [0.1, 0.15) is 5.75 Å². The summed E-state index contributed by atoms with van der Waals surface area (Å²) in [6, 6.07) is 17.3. The van der Waals surface area contributed by atoms with Gasteiger partial charge in [0, 0.05) is 5.69 Å². The van der Waals surface area contributed by atoms with Crippen molar-refractivity contribution in [2.45, 2.75) is 13.0 Å². The van der Waals surface area contributed by atoms with E-state index in [2.05, 4.69) is 10.6 Å². The monoisotopic (exact) mass is 284 g/mol. The van der Waals surface area contributed by atoms with Crippen LogP contribution in [0.3, 0.4) is 0 Å². The van der Waals surface area contributed by atoms with Gasteiger partial charge >= 0.3 is 0 Å². The number of nitrogens with one attached hydrogen (secondary N) is 2. The second-order valence-corrected chi connectivity index (χ2v) is 4.79. The van der Waals surface area contributed by atoms with E-state index in [-0.39, 0.29) is 18.5 Å². The molecule has 1 amide bonds. The Hall–Kier alpha value is -2.49. The van der Waals surface area contributed by atoms with Gasteiger partial charge in [0.25, 0.3) is 0 Å². The highest BCUT2D eigenvalue weighted by atomic mass is 16.5. The van der Waals surface area contributed by atoms with Crippen molar-refractivity contribution in [3.63, 3.8) is 0 Å². The molecule has 4 heteroatoms. The number of hydrogen-bond acceptors (Lipinski definition) is 3. The number of methoxy groups -OCH3 is 1. The summed E-state index contributed by atoms with van der Waals surface area (Å²) in [5.41, 5.74) is 1.95. The molecule has 0 aliphatic heterocycles. The zero-order valence-electron chi connectivity index (χ0n) is 12.3. The molecule has 0 saturated carbocycles. The van der Waals surface area contributed by atoms with Crippen molar-refractivity contribution in [3.8, 4) is 5.75 Å². The summed E-state index contributed by atoms with van der Waals surface area (Å²) in [4.78, 5) is 11.9. The number of carbonyl (C=O) groups excluding carboxylic acids is 1. The number of amides is 1. The third-order valence-corrected chi connectivity index (χ3v) is 3.20. The fourth-order valence-electron chi connectivity index (χ4n) is 2.03. The number of rotatable bonds is 6. The van der Waals surface area contributed by atoms with Crippen molar-refractivity contribution < 1.29 is 9.53 Å². The van der Waals surface area contributed by atoms with Gasteiger partial charge in [-0.05, 0) is 36.8 Å². The number of anilines is 1. The van der Waals surface area contributed by atoms with Gasteiger partial charge in [-0.2, -0.15) is 0 Å². The zero-order valence-corrected chi connectivity index (χ0v) is 12.3. The van der Waals surface area contributed by atoms with Crippen molar-refractivity contribution >= 4 is 11.6 Å². The number of para-hydroxylation sites is 1. The molecule has 2 aromatic rings. The minimum Gasteiger partial charge on any atom is -0.497 e. The van der Waals surface area contributed by atoms with E-state index < -0.39 is 0 Å². The Kier molecular flexibility index (Phi) is 5.21. The molecule has 0 fully saturated rings. The molecule has 110 valence electrons. The molecule has 0 aliphatic carbocycles. The van der Waals surface area contributed by atoms with Crippen molar-refractivity contribution in [2.75, 3.05) is 19.0 Å². The Labute approximate surface area is 125 Å². The van der Waals surface area contributed by atoms with Crippen molar-refractivity contribution in [1.29, 1.82) is 0 Å². The summed E-state index contributed by atoms with van der Waals surface area (Å²) in [6.07, 6.45) is 0. The fourth-order valence-corrected chi connectivity index (χ4v) is 2.03. The van der Waals surface area contributed by atoms with Gasteiger partial charge in [-0.3, -0.25) is 4.79 Å². The van der Waals surface area contributed by atoms with E-state index in [9.17, 15) is 4.79 Å². The van der Waals surface area contributed by atoms with E-state index in [1.54, 1.807) is 7.11 Å². The second-order valence-electron chi connectivity index (χ2n) is 4.79. The predicted molar refractivity (Wildman–Crippen MR) is 84.5 cm³/mol. The Morgan fingerprint density at radius 2 is 1.90 bits per heavy atom. The summed E-state index contributed by atoms with van der Waals surface area (Å²) in [7, 11) is 1.63. The molecule has 2 N–H and O–H groups in total.